The molecule has 0 saturated carbocycles. The predicted octanol–water partition coefficient (Wildman–Crippen LogP) is 2.71. The summed E-state index contributed by atoms with van der Waals surface area (Å²) in [6.45, 7) is 1.81. The fourth-order valence-electron chi connectivity index (χ4n) is 3.48. The van der Waals surface area contributed by atoms with Gasteiger partial charge in [0.25, 0.3) is 0 Å². The summed E-state index contributed by atoms with van der Waals surface area (Å²) in [6.07, 6.45) is 3.56. The molecule has 20 heavy (non-hydrogen) atoms. The molecule has 2 bridgehead atoms. The lowest BCUT2D eigenvalue weighted by Gasteiger charge is -2.28. The summed E-state index contributed by atoms with van der Waals surface area (Å²) in [4.78, 5) is 16.1. The SMILES string of the molecule is CN1C2CCC1CN(c1ccc(Cl)cc1C(=O)O)CC2. The summed E-state index contributed by atoms with van der Waals surface area (Å²) >= 11 is 5.93. The number of aromatic carboxylic acids is 1. The lowest BCUT2D eigenvalue weighted by molar-refractivity contribution is 0.0697. The van der Waals surface area contributed by atoms with Gasteiger partial charge in [0.05, 0.1) is 11.3 Å². The number of nitrogens with zero attached hydrogens (tertiary/aromatic N) is 2. The van der Waals surface area contributed by atoms with Crippen molar-refractivity contribution in [3.63, 3.8) is 0 Å². The molecule has 2 saturated heterocycles. The summed E-state index contributed by atoms with van der Waals surface area (Å²) < 4.78 is 0. The Labute approximate surface area is 123 Å². The molecule has 5 heteroatoms. The van der Waals surface area contributed by atoms with Crippen LogP contribution in [0.15, 0.2) is 18.2 Å². The third kappa shape index (κ3) is 2.38. The average molecular weight is 295 g/mol. The number of anilines is 1. The van der Waals surface area contributed by atoms with Gasteiger partial charge in [0.1, 0.15) is 0 Å². The maximum Gasteiger partial charge on any atom is 0.337 e. The molecule has 0 radical (unpaired) electrons. The molecule has 1 N–H and O–H groups in total. The van der Waals surface area contributed by atoms with E-state index in [1.54, 1.807) is 12.1 Å². The van der Waals surface area contributed by atoms with Crippen molar-refractivity contribution in [1.29, 1.82) is 0 Å². The Bertz CT molecular complexity index is 535. The Morgan fingerprint density at radius 1 is 1.30 bits per heavy atom. The molecule has 0 aromatic heterocycles. The summed E-state index contributed by atoms with van der Waals surface area (Å²) in [5.41, 5.74) is 1.10. The van der Waals surface area contributed by atoms with E-state index in [4.69, 9.17) is 11.6 Å². The number of likely N-dealkylation sites (N-methyl/N-ethyl adjacent to an activating group) is 1. The third-order valence-corrected chi connectivity index (χ3v) is 4.91. The highest BCUT2D eigenvalue weighted by atomic mass is 35.5. The van der Waals surface area contributed by atoms with E-state index in [0.29, 0.717) is 22.7 Å². The zero-order valence-electron chi connectivity index (χ0n) is 11.6. The van der Waals surface area contributed by atoms with Crippen molar-refractivity contribution in [2.75, 3.05) is 25.0 Å². The Morgan fingerprint density at radius 3 is 2.80 bits per heavy atom. The number of carbonyl (C=O) groups is 1. The molecule has 2 heterocycles. The molecular weight excluding hydrogens is 276 g/mol. The first-order valence-electron chi connectivity index (χ1n) is 7.06. The van der Waals surface area contributed by atoms with Crippen LogP contribution in [-0.4, -0.2) is 48.2 Å². The Hall–Kier alpha value is -1.26. The van der Waals surface area contributed by atoms with Crippen LogP contribution in [0.2, 0.25) is 5.02 Å². The van der Waals surface area contributed by atoms with Crippen molar-refractivity contribution >= 4 is 23.3 Å². The van der Waals surface area contributed by atoms with E-state index in [0.717, 1.165) is 25.2 Å². The zero-order chi connectivity index (χ0) is 14.3. The van der Waals surface area contributed by atoms with Gasteiger partial charge in [0, 0.05) is 30.2 Å². The smallest absolute Gasteiger partial charge is 0.337 e. The van der Waals surface area contributed by atoms with E-state index < -0.39 is 5.97 Å². The zero-order valence-corrected chi connectivity index (χ0v) is 12.3. The number of fused-ring (bicyclic) bond motifs is 2. The fourth-order valence-corrected chi connectivity index (χ4v) is 3.65. The summed E-state index contributed by atoms with van der Waals surface area (Å²) in [6, 6.07) is 6.33. The Morgan fingerprint density at radius 2 is 2.05 bits per heavy atom. The van der Waals surface area contributed by atoms with Crippen molar-refractivity contribution in [1.82, 2.24) is 4.90 Å². The summed E-state index contributed by atoms with van der Waals surface area (Å²) in [5.74, 6) is -0.912. The second-order valence-corrected chi connectivity index (χ2v) is 6.19. The highest BCUT2D eigenvalue weighted by molar-refractivity contribution is 6.31. The van der Waals surface area contributed by atoms with Crippen molar-refractivity contribution in [3.8, 4) is 0 Å². The van der Waals surface area contributed by atoms with Gasteiger partial charge in [0.2, 0.25) is 0 Å². The van der Waals surface area contributed by atoms with Gasteiger partial charge in [0.15, 0.2) is 0 Å². The van der Waals surface area contributed by atoms with Crippen molar-refractivity contribution < 1.29 is 9.90 Å². The predicted molar refractivity (Wildman–Crippen MR) is 79.8 cm³/mol. The minimum atomic E-state index is -0.912. The molecule has 4 nitrogen and oxygen atoms in total. The van der Waals surface area contributed by atoms with Crippen LogP contribution in [0.3, 0.4) is 0 Å². The molecule has 2 fully saturated rings. The standard InChI is InChI=1S/C15H19ClN2O2/c1-17-11-3-4-12(17)9-18(7-6-11)14-5-2-10(16)8-13(14)15(19)20/h2,5,8,11-12H,3-4,6-7,9H2,1H3,(H,19,20). The number of benzene rings is 1. The Balaban J connectivity index is 1.91. The van der Waals surface area contributed by atoms with Gasteiger partial charge in [-0.1, -0.05) is 11.6 Å². The van der Waals surface area contributed by atoms with Gasteiger partial charge in [-0.2, -0.15) is 0 Å². The number of hydrogen-bond acceptors (Lipinski definition) is 3. The number of halogens is 1. The van der Waals surface area contributed by atoms with E-state index in [1.165, 1.54) is 12.8 Å². The third-order valence-electron chi connectivity index (χ3n) is 4.68. The minimum Gasteiger partial charge on any atom is -0.478 e. The van der Waals surface area contributed by atoms with Crippen LogP contribution in [0.25, 0.3) is 0 Å². The Kier molecular flexibility index (Phi) is 3.61. The normalized spacial score (nSPS) is 26.6. The first-order chi connectivity index (χ1) is 9.56. The molecule has 2 atom stereocenters. The van der Waals surface area contributed by atoms with E-state index in [1.807, 2.05) is 6.07 Å². The van der Waals surface area contributed by atoms with Gasteiger partial charge >= 0.3 is 5.97 Å². The quantitative estimate of drug-likeness (QED) is 0.911. The largest absolute Gasteiger partial charge is 0.478 e. The lowest BCUT2D eigenvalue weighted by atomic mass is 10.1. The van der Waals surface area contributed by atoms with Gasteiger partial charge in [-0.05, 0) is 44.5 Å². The molecule has 3 rings (SSSR count). The van der Waals surface area contributed by atoms with Gasteiger partial charge in [-0.25, -0.2) is 4.79 Å². The molecule has 0 aliphatic carbocycles. The van der Waals surface area contributed by atoms with Gasteiger partial charge in [-0.15, -0.1) is 0 Å². The molecule has 2 aliphatic rings. The van der Waals surface area contributed by atoms with Crippen LogP contribution in [0.5, 0.6) is 0 Å². The molecule has 2 unspecified atom stereocenters. The lowest BCUT2D eigenvalue weighted by Crippen LogP contribution is -2.37. The molecule has 1 aromatic rings. The van der Waals surface area contributed by atoms with Crippen molar-refractivity contribution in [2.24, 2.45) is 0 Å². The molecule has 1 aromatic carbocycles. The van der Waals surface area contributed by atoms with Crippen molar-refractivity contribution in [2.45, 2.75) is 31.3 Å². The van der Waals surface area contributed by atoms with Crippen LogP contribution in [0, 0.1) is 0 Å². The van der Waals surface area contributed by atoms with Crippen LogP contribution in [0.1, 0.15) is 29.6 Å². The summed E-state index contributed by atoms with van der Waals surface area (Å²) in [5, 5.41) is 9.85. The summed E-state index contributed by atoms with van der Waals surface area (Å²) in [7, 11) is 2.19. The maximum absolute atomic E-state index is 11.4. The van der Waals surface area contributed by atoms with E-state index in [2.05, 4.69) is 16.8 Å². The number of carboxylic acids is 1. The molecule has 0 spiro atoms. The van der Waals surface area contributed by atoms with E-state index in [9.17, 15) is 9.90 Å². The van der Waals surface area contributed by atoms with Crippen LogP contribution < -0.4 is 4.90 Å². The molecule has 0 amide bonds. The number of carboxylic acid groups (broad SMARTS) is 1. The van der Waals surface area contributed by atoms with Crippen LogP contribution in [-0.2, 0) is 0 Å². The van der Waals surface area contributed by atoms with Crippen molar-refractivity contribution in [3.05, 3.63) is 28.8 Å². The monoisotopic (exact) mass is 294 g/mol. The topological polar surface area (TPSA) is 43.8 Å². The maximum atomic E-state index is 11.4. The molecule has 108 valence electrons. The fraction of sp³-hybridized carbons (Fsp3) is 0.533. The first kappa shape index (κ1) is 13.7. The van der Waals surface area contributed by atoms with E-state index >= 15 is 0 Å². The van der Waals surface area contributed by atoms with E-state index in [-0.39, 0.29) is 0 Å². The highest BCUT2D eigenvalue weighted by Crippen LogP contribution is 2.32. The number of rotatable bonds is 2. The van der Waals surface area contributed by atoms with Gasteiger partial charge < -0.3 is 10.0 Å². The molecule has 2 aliphatic heterocycles. The number of hydrogen-bond donors (Lipinski definition) is 1. The second kappa shape index (κ2) is 5.26. The van der Waals surface area contributed by atoms with Crippen LogP contribution in [0.4, 0.5) is 5.69 Å². The first-order valence-corrected chi connectivity index (χ1v) is 7.44. The highest BCUT2D eigenvalue weighted by Gasteiger charge is 2.35. The van der Waals surface area contributed by atoms with Gasteiger partial charge in [-0.3, -0.25) is 4.90 Å². The average Bonchev–Trinajstić information content (AvgIpc) is 2.64. The molecular formula is C15H19ClN2O2. The second-order valence-electron chi connectivity index (χ2n) is 5.75. The minimum absolute atomic E-state index is 0.304. The van der Waals surface area contributed by atoms with Crippen LogP contribution >= 0.6 is 11.6 Å².